The van der Waals surface area contributed by atoms with Gasteiger partial charge in [-0.3, -0.25) is 24.0 Å². The smallest absolute Gasteiger partial charge is 0.326 e. The normalized spacial score (nSPS) is 13.3. The van der Waals surface area contributed by atoms with Crippen molar-refractivity contribution in [3.05, 3.63) is 18.2 Å². The molecule has 0 spiro atoms. The molecule has 15 nitrogen and oxygen atoms in total. The number of aliphatic carboxylic acids is 1. The van der Waals surface area contributed by atoms with E-state index < -0.39 is 73.0 Å². The van der Waals surface area contributed by atoms with E-state index in [2.05, 4.69) is 25.9 Å². The van der Waals surface area contributed by atoms with Gasteiger partial charge < -0.3 is 43.2 Å². The quantitative estimate of drug-likeness (QED) is 0.146. The Labute approximate surface area is 175 Å². The molecule has 1 rings (SSSR count). The maximum atomic E-state index is 12.6. The van der Waals surface area contributed by atoms with Gasteiger partial charge in [-0.15, -0.1) is 0 Å². The van der Waals surface area contributed by atoms with E-state index in [1.807, 2.05) is 0 Å². The molecule has 0 aromatic carbocycles. The van der Waals surface area contributed by atoms with Gasteiger partial charge >= 0.3 is 5.97 Å². The first kappa shape index (κ1) is 25.0. The summed E-state index contributed by atoms with van der Waals surface area (Å²) in [5.74, 6) is -6.03. The van der Waals surface area contributed by atoms with Gasteiger partial charge in [-0.1, -0.05) is 0 Å². The van der Waals surface area contributed by atoms with Crippen molar-refractivity contribution in [3.8, 4) is 0 Å². The van der Waals surface area contributed by atoms with E-state index in [9.17, 15) is 28.8 Å². The number of aromatic amines is 1. The van der Waals surface area contributed by atoms with Gasteiger partial charge in [0.25, 0.3) is 0 Å². The number of primary amides is 2. The highest BCUT2D eigenvalue weighted by molar-refractivity contribution is 5.96. The zero-order chi connectivity index (χ0) is 23.6. The lowest BCUT2D eigenvalue weighted by molar-refractivity contribution is -0.143. The van der Waals surface area contributed by atoms with Gasteiger partial charge in [-0.05, 0) is 0 Å². The number of hydrogen-bond donors (Lipinski definition) is 8. The summed E-state index contributed by atoms with van der Waals surface area (Å²) in [7, 11) is 0. The molecule has 3 atom stereocenters. The minimum absolute atomic E-state index is 0.158. The second-order valence-corrected chi connectivity index (χ2v) is 6.41. The Morgan fingerprint density at radius 3 is 1.97 bits per heavy atom. The molecule has 5 amide bonds. The average Bonchev–Trinajstić information content (AvgIpc) is 3.18. The van der Waals surface area contributed by atoms with Crippen molar-refractivity contribution in [2.75, 3.05) is 6.54 Å². The Hall–Kier alpha value is -4.01. The van der Waals surface area contributed by atoms with Crippen LogP contribution in [0.3, 0.4) is 0 Å². The number of nitrogens with two attached hydrogens (primary N) is 3. The minimum Gasteiger partial charge on any atom is -0.480 e. The maximum Gasteiger partial charge on any atom is 0.326 e. The first-order chi connectivity index (χ1) is 14.5. The highest BCUT2D eigenvalue weighted by Gasteiger charge is 2.31. The van der Waals surface area contributed by atoms with E-state index in [0.29, 0.717) is 5.69 Å². The molecular weight excluding hydrogens is 416 g/mol. The minimum atomic E-state index is -1.63. The number of carboxylic acid groups (broad SMARTS) is 1. The molecule has 0 saturated heterocycles. The van der Waals surface area contributed by atoms with Gasteiger partial charge in [0.1, 0.15) is 18.1 Å². The molecule has 1 aromatic heterocycles. The molecule has 3 unspecified atom stereocenters. The van der Waals surface area contributed by atoms with Crippen molar-refractivity contribution in [3.63, 3.8) is 0 Å². The Balaban J connectivity index is 3.04. The van der Waals surface area contributed by atoms with E-state index >= 15 is 0 Å². The fourth-order valence-corrected chi connectivity index (χ4v) is 2.44. The van der Waals surface area contributed by atoms with Gasteiger partial charge in [0.05, 0.1) is 25.7 Å². The van der Waals surface area contributed by atoms with E-state index in [0.717, 1.165) is 0 Å². The first-order valence-corrected chi connectivity index (χ1v) is 8.90. The molecule has 0 saturated carbocycles. The van der Waals surface area contributed by atoms with Crippen LogP contribution in [0, 0.1) is 0 Å². The van der Waals surface area contributed by atoms with Crippen molar-refractivity contribution in [1.29, 1.82) is 0 Å². The van der Waals surface area contributed by atoms with Crippen LogP contribution in [0.25, 0.3) is 0 Å². The average molecular weight is 440 g/mol. The van der Waals surface area contributed by atoms with Crippen LogP contribution in [0.1, 0.15) is 18.5 Å². The molecule has 1 heterocycles. The van der Waals surface area contributed by atoms with Crippen LogP contribution < -0.4 is 33.2 Å². The van der Waals surface area contributed by atoms with Crippen molar-refractivity contribution in [2.24, 2.45) is 17.2 Å². The lowest BCUT2D eigenvalue weighted by Crippen LogP contribution is -2.57. The number of carbonyl (C=O) groups is 6. The molecule has 15 heteroatoms. The van der Waals surface area contributed by atoms with Crippen molar-refractivity contribution in [2.45, 2.75) is 37.4 Å². The summed E-state index contributed by atoms with van der Waals surface area (Å²) in [6.45, 7) is -0.464. The summed E-state index contributed by atoms with van der Waals surface area (Å²) < 4.78 is 0. The van der Waals surface area contributed by atoms with Gasteiger partial charge in [-0.2, -0.15) is 0 Å². The zero-order valence-electron chi connectivity index (χ0n) is 16.3. The number of imidazole rings is 1. The highest BCUT2D eigenvalue weighted by Crippen LogP contribution is 2.03. The highest BCUT2D eigenvalue weighted by atomic mass is 16.4. The van der Waals surface area contributed by atoms with Crippen molar-refractivity contribution >= 4 is 35.5 Å². The molecule has 11 N–H and O–H groups in total. The topological polar surface area (TPSA) is 265 Å². The monoisotopic (exact) mass is 440 g/mol. The second-order valence-electron chi connectivity index (χ2n) is 6.41. The molecule has 170 valence electrons. The predicted octanol–water partition coefficient (Wildman–Crippen LogP) is -4.80. The first-order valence-electron chi connectivity index (χ1n) is 8.90. The Morgan fingerprint density at radius 2 is 1.48 bits per heavy atom. The Bertz CT molecular complexity index is 826. The molecule has 0 aliphatic rings. The van der Waals surface area contributed by atoms with Gasteiger partial charge in [-0.25, -0.2) is 9.78 Å². The molecule has 0 aliphatic carbocycles. The van der Waals surface area contributed by atoms with Crippen LogP contribution in [-0.2, 0) is 35.2 Å². The van der Waals surface area contributed by atoms with E-state index in [1.54, 1.807) is 0 Å². The molecule has 0 aliphatic heterocycles. The number of carbonyl (C=O) groups excluding carboxylic acids is 5. The largest absolute Gasteiger partial charge is 0.480 e. The number of amides is 5. The third-order valence-corrected chi connectivity index (χ3v) is 3.87. The zero-order valence-corrected chi connectivity index (χ0v) is 16.3. The van der Waals surface area contributed by atoms with Crippen molar-refractivity contribution in [1.82, 2.24) is 25.9 Å². The number of nitrogens with one attached hydrogen (secondary N) is 4. The summed E-state index contributed by atoms with van der Waals surface area (Å²) in [5.41, 5.74) is 15.7. The standard InChI is InChI=1S/C16H24N8O7/c17-4-13(27)22-9(2-11(18)25)15(29)23-8(1-7-5-20-6-21-7)14(28)24-10(16(30)31)3-12(19)26/h5-6,8-10H,1-4,17H2,(H2,18,25)(H2,19,26)(H,20,21)(H,22,27)(H,23,29)(H,24,28)(H,30,31). The molecule has 1 aromatic rings. The number of nitrogens with zero attached hydrogens (tertiary/aromatic N) is 1. The summed E-state index contributed by atoms with van der Waals surface area (Å²) in [5, 5.41) is 15.8. The third-order valence-electron chi connectivity index (χ3n) is 3.87. The number of carboxylic acids is 1. The molecular formula is C16H24N8O7. The van der Waals surface area contributed by atoms with Gasteiger partial charge in [0, 0.05) is 18.3 Å². The van der Waals surface area contributed by atoms with Crippen LogP contribution in [0.15, 0.2) is 12.5 Å². The van der Waals surface area contributed by atoms with Crippen LogP contribution in [-0.4, -0.2) is 75.2 Å². The molecule has 0 fully saturated rings. The van der Waals surface area contributed by atoms with Crippen molar-refractivity contribution < 1.29 is 33.9 Å². The SMILES string of the molecule is NCC(=O)NC(CC(N)=O)C(=O)NC(Cc1cnc[nH]1)C(=O)NC(CC(N)=O)C(=O)O. The molecule has 0 bridgehead atoms. The fraction of sp³-hybridized carbons (Fsp3) is 0.438. The summed E-state index contributed by atoms with van der Waals surface area (Å²) in [6.07, 6.45) is 1.27. The number of aromatic nitrogens is 2. The van der Waals surface area contributed by atoms with Crippen LogP contribution in [0.2, 0.25) is 0 Å². The van der Waals surface area contributed by atoms with Crippen LogP contribution in [0.5, 0.6) is 0 Å². The predicted molar refractivity (Wildman–Crippen MR) is 102 cm³/mol. The summed E-state index contributed by atoms with van der Waals surface area (Å²) in [6, 6.07) is -4.43. The van der Waals surface area contributed by atoms with E-state index in [1.165, 1.54) is 12.5 Å². The number of hydrogen-bond acceptors (Lipinski definition) is 8. The Kier molecular flexibility index (Phi) is 9.58. The van der Waals surface area contributed by atoms with Crippen LogP contribution >= 0.6 is 0 Å². The third kappa shape index (κ3) is 8.90. The Morgan fingerprint density at radius 1 is 0.935 bits per heavy atom. The number of rotatable bonds is 13. The van der Waals surface area contributed by atoms with E-state index in [4.69, 9.17) is 22.3 Å². The van der Waals surface area contributed by atoms with Gasteiger partial charge in [0.15, 0.2) is 0 Å². The lowest BCUT2D eigenvalue weighted by atomic mass is 10.1. The molecule has 31 heavy (non-hydrogen) atoms. The molecule has 0 radical (unpaired) electrons. The summed E-state index contributed by atoms with van der Waals surface area (Å²) in [4.78, 5) is 76.9. The van der Waals surface area contributed by atoms with E-state index in [-0.39, 0.29) is 6.42 Å². The van der Waals surface area contributed by atoms with Gasteiger partial charge in [0.2, 0.25) is 29.5 Å². The van der Waals surface area contributed by atoms with Crippen LogP contribution in [0.4, 0.5) is 0 Å². The number of H-pyrrole nitrogens is 1. The fourth-order valence-electron chi connectivity index (χ4n) is 2.44. The second kappa shape index (κ2) is 11.9. The maximum absolute atomic E-state index is 12.6. The lowest BCUT2D eigenvalue weighted by Gasteiger charge is -2.23. The summed E-state index contributed by atoms with van der Waals surface area (Å²) >= 11 is 0.